The minimum absolute atomic E-state index is 0.0801. The minimum Gasteiger partial charge on any atom is -0.363 e. The highest BCUT2D eigenvalue weighted by Crippen LogP contribution is 2.27. The molecule has 0 amide bonds. The van der Waals surface area contributed by atoms with Crippen molar-refractivity contribution in [1.82, 2.24) is 9.36 Å². The highest BCUT2D eigenvalue weighted by atomic mass is 32.2. The number of nitrogens with zero attached hydrogens (tertiary/aromatic N) is 3. The number of anilines is 1. The zero-order valence-corrected chi connectivity index (χ0v) is 13.0. The van der Waals surface area contributed by atoms with Gasteiger partial charge < -0.3 is 4.74 Å². The summed E-state index contributed by atoms with van der Waals surface area (Å²) in [5.41, 5.74) is 0. The maximum Gasteiger partial charge on any atom is 0.271 e. The van der Waals surface area contributed by atoms with Crippen molar-refractivity contribution in [2.24, 2.45) is 0 Å². The molecule has 0 aliphatic heterocycles. The molecule has 0 atom stereocenters. The van der Waals surface area contributed by atoms with Gasteiger partial charge in [-0.15, -0.1) is 0 Å². The summed E-state index contributed by atoms with van der Waals surface area (Å²) in [6, 6.07) is 0.440. The fourth-order valence-electron chi connectivity index (χ4n) is 1.55. The second kappa shape index (κ2) is 6.18. The van der Waals surface area contributed by atoms with Gasteiger partial charge in [-0.3, -0.25) is 0 Å². The van der Waals surface area contributed by atoms with Crippen LogP contribution in [0.1, 0.15) is 5.82 Å². The van der Waals surface area contributed by atoms with Crippen molar-refractivity contribution in [1.29, 1.82) is 0 Å². The Morgan fingerprint density at radius 3 is 2.41 bits per heavy atom. The predicted molar refractivity (Wildman–Crippen MR) is 72.5 cm³/mol. The van der Waals surface area contributed by atoms with E-state index >= 15 is 0 Å². The van der Waals surface area contributed by atoms with Gasteiger partial charge in [-0.25, -0.2) is 30.9 Å². The highest BCUT2D eigenvalue weighted by molar-refractivity contribution is 7.93. The lowest BCUT2D eigenvalue weighted by Crippen LogP contribution is -2.33. The van der Waals surface area contributed by atoms with Crippen molar-refractivity contribution in [2.45, 2.75) is 11.8 Å². The Morgan fingerprint density at radius 2 is 1.86 bits per heavy atom. The fraction of sp³-hybridized carbons (Fsp3) is 0.273. The van der Waals surface area contributed by atoms with E-state index in [-0.39, 0.29) is 17.3 Å². The van der Waals surface area contributed by atoms with Crippen LogP contribution in [0.15, 0.2) is 17.0 Å². The third kappa shape index (κ3) is 3.05. The molecule has 0 N–H and O–H groups in total. The Hall–Kier alpha value is -1.72. The smallest absolute Gasteiger partial charge is 0.271 e. The summed E-state index contributed by atoms with van der Waals surface area (Å²) in [5, 5.41) is -0.0801. The summed E-state index contributed by atoms with van der Waals surface area (Å²) >= 11 is 0.748. The maximum atomic E-state index is 13.8. The number of methoxy groups -OCH3 is 1. The van der Waals surface area contributed by atoms with E-state index in [0.717, 1.165) is 11.5 Å². The SMILES string of the molecule is COCN(c1nc(C)ns1)S(=O)(=O)c1cc(F)c(F)cc1F. The van der Waals surface area contributed by atoms with Crippen molar-refractivity contribution in [2.75, 3.05) is 18.1 Å². The van der Waals surface area contributed by atoms with Gasteiger partial charge in [0.1, 0.15) is 23.3 Å². The van der Waals surface area contributed by atoms with Crippen LogP contribution in [0.25, 0.3) is 0 Å². The molecule has 0 saturated carbocycles. The Kier molecular flexibility index (Phi) is 4.68. The molecule has 0 spiro atoms. The number of sulfonamides is 1. The second-order valence-corrected chi connectivity index (χ2v) is 6.65. The van der Waals surface area contributed by atoms with Gasteiger partial charge in [-0.1, -0.05) is 0 Å². The van der Waals surface area contributed by atoms with Gasteiger partial charge in [0.05, 0.1) is 0 Å². The van der Waals surface area contributed by atoms with Gasteiger partial charge in [-0.2, -0.15) is 4.37 Å². The van der Waals surface area contributed by atoms with E-state index < -0.39 is 39.1 Å². The molecular formula is C11H10F3N3O3S2. The molecule has 6 nitrogen and oxygen atoms in total. The molecule has 1 aromatic heterocycles. The monoisotopic (exact) mass is 353 g/mol. The van der Waals surface area contributed by atoms with Crippen LogP contribution in [0.5, 0.6) is 0 Å². The Balaban J connectivity index is 2.57. The van der Waals surface area contributed by atoms with E-state index in [1.807, 2.05) is 0 Å². The number of halogens is 3. The molecular weight excluding hydrogens is 343 g/mol. The minimum atomic E-state index is -4.54. The zero-order chi connectivity index (χ0) is 16.5. The van der Waals surface area contributed by atoms with Crippen molar-refractivity contribution >= 4 is 26.7 Å². The van der Waals surface area contributed by atoms with Crippen LogP contribution in [0.2, 0.25) is 0 Å². The van der Waals surface area contributed by atoms with Crippen LogP contribution in [-0.4, -0.2) is 31.6 Å². The van der Waals surface area contributed by atoms with Gasteiger partial charge in [0.2, 0.25) is 5.13 Å². The molecule has 0 aliphatic rings. The summed E-state index contributed by atoms with van der Waals surface area (Å²) in [7, 11) is -3.32. The normalized spacial score (nSPS) is 11.7. The molecule has 2 rings (SSSR count). The Bertz CT molecular complexity index is 795. The van der Waals surface area contributed by atoms with Gasteiger partial charge >= 0.3 is 0 Å². The third-order valence-corrected chi connectivity index (χ3v) is 5.19. The fourth-order valence-corrected chi connectivity index (χ4v) is 3.80. The molecule has 0 radical (unpaired) electrons. The summed E-state index contributed by atoms with van der Waals surface area (Å²) in [6.07, 6.45) is 0. The summed E-state index contributed by atoms with van der Waals surface area (Å²) in [6.45, 7) is 1.05. The molecule has 0 saturated heterocycles. The first-order valence-corrected chi connectivity index (χ1v) is 7.95. The second-order valence-electron chi connectivity index (χ2n) is 4.09. The predicted octanol–water partition coefficient (Wildman–Crippen LogP) is 2.06. The quantitative estimate of drug-likeness (QED) is 0.608. The summed E-state index contributed by atoms with van der Waals surface area (Å²) in [4.78, 5) is 2.86. The highest BCUT2D eigenvalue weighted by Gasteiger charge is 2.31. The number of aryl methyl sites for hydroxylation is 1. The topological polar surface area (TPSA) is 72.4 Å². The molecule has 120 valence electrons. The molecule has 0 bridgehead atoms. The van der Waals surface area contributed by atoms with Crippen LogP contribution < -0.4 is 4.31 Å². The van der Waals surface area contributed by atoms with Gasteiger partial charge in [0.15, 0.2) is 11.6 Å². The lowest BCUT2D eigenvalue weighted by molar-refractivity contribution is 0.209. The molecule has 11 heteroatoms. The van der Waals surface area contributed by atoms with E-state index in [4.69, 9.17) is 4.74 Å². The molecule has 1 heterocycles. The van der Waals surface area contributed by atoms with E-state index in [0.29, 0.717) is 10.1 Å². The number of hydrogen-bond acceptors (Lipinski definition) is 6. The Labute approximate surface area is 128 Å². The van der Waals surface area contributed by atoms with Crippen LogP contribution in [-0.2, 0) is 14.8 Å². The number of ether oxygens (including phenoxy) is 1. The first-order valence-electron chi connectivity index (χ1n) is 5.74. The average Bonchev–Trinajstić information content (AvgIpc) is 2.86. The van der Waals surface area contributed by atoms with E-state index in [1.54, 1.807) is 0 Å². The number of rotatable bonds is 5. The van der Waals surface area contributed by atoms with Crippen LogP contribution in [0.4, 0.5) is 18.3 Å². The van der Waals surface area contributed by atoms with Crippen LogP contribution in [0, 0.1) is 24.4 Å². The van der Waals surface area contributed by atoms with Crippen molar-refractivity contribution < 1.29 is 26.3 Å². The van der Waals surface area contributed by atoms with Crippen LogP contribution >= 0.6 is 11.5 Å². The number of aromatic nitrogens is 2. The first kappa shape index (κ1) is 16.6. The van der Waals surface area contributed by atoms with Crippen LogP contribution in [0.3, 0.4) is 0 Å². The van der Waals surface area contributed by atoms with Crippen molar-refractivity contribution in [3.05, 3.63) is 35.4 Å². The maximum absolute atomic E-state index is 13.8. The first-order chi connectivity index (χ1) is 10.3. The molecule has 22 heavy (non-hydrogen) atoms. The van der Waals surface area contributed by atoms with Gasteiger partial charge in [-0.05, 0) is 6.92 Å². The Morgan fingerprint density at radius 1 is 1.23 bits per heavy atom. The van der Waals surface area contributed by atoms with Gasteiger partial charge in [0, 0.05) is 30.8 Å². The van der Waals surface area contributed by atoms with E-state index in [1.165, 1.54) is 14.0 Å². The molecule has 0 fully saturated rings. The van der Waals surface area contributed by atoms with Gasteiger partial charge in [0.25, 0.3) is 10.0 Å². The molecule has 0 unspecified atom stereocenters. The standard InChI is InChI=1S/C11H10F3N3O3S2/c1-6-15-11(21-16-6)17(5-20-2)22(18,19)10-4-8(13)7(12)3-9(10)14/h3-4H,5H2,1-2H3. The zero-order valence-electron chi connectivity index (χ0n) is 11.4. The number of benzene rings is 1. The molecule has 0 aliphatic carbocycles. The largest absolute Gasteiger partial charge is 0.363 e. The lowest BCUT2D eigenvalue weighted by atomic mass is 10.3. The number of hydrogen-bond donors (Lipinski definition) is 0. The summed E-state index contributed by atoms with van der Waals surface area (Å²) < 4.78 is 74.1. The average molecular weight is 353 g/mol. The van der Waals surface area contributed by atoms with Crippen molar-refractivity contribution in [3.8, 4) is 0 Å². The molecule has 2 aromatic rings. The van der Waals surface area contributed by atoms with Crippen molar-refractivity contribution in [3.63, 3.8) is 0 Å². The summed E-state index contributed by atoms with van der Waals surface area (Å²) in [5.74, 6) is -4.07. The lowest BCUT2D eigenvalue weighted by Gasteiger charge is -2.20. The van der Waals surface area contributed by atoms with E-state index in [9.17, 15) is 21.6 Å². The molecule has 1 aromatic carbocycles. The third-order valence-electron chi connectivity index (χ3n) is 2.52. The van der Waals surface area contributed by atoms with E-state index in [2.05, 4.69) is 9.36 Å².